The van der Waals surface area contributed by atoms with E-state index in [0.29, 0.717) is 18.7 Å². The smallest absolute Gasteiger partial charge is 0.223 e. The first-order chi connectivity index (χ1) is 12.5. The van der Waals surface area contributed by atoms with Crippen LogP contribution in [0, 0.1) is 6.92 Å². The summed E-state index contributed by atoms with van der Waals surface area (Å²) in [7, 11) is 1.78. The molecule has 0 aliphatic rings. The third-order valence-corrected chi connectivity index (χ3v) is 4.31. The number of nitrogens with zero attached hydrogens (tertiary/aromatic N) is 1. The number of ketones is 1. The Bertz CT molecular complexity index is 737. The zero-order valence-electron chi connectivity index (χ0n) is 15.8. The van der Waals surface area contributed by atoms with Gasteiger partial charge in [0, 0.05) is 32.0 Å². The fraction of sp³-hybridized carbons (Fsp3) is 0.364. The third kappa shape index (κ3) is 5.73. The fourth-order valence-electron chi connectivity index (χ4n) is 2.64. The molecule has 4 heteroatoms. The molecule has 0 N–H and O–H groups in total. The van der Waals surface area contributed by atoms with Gasteiger partial charge in [0.1, 0.15) is 5.75 Å². The zero-order valence-corrected chi connectivity index (χ0v) is 15.8. The molecule has 0 unspecified atom stereocenters. The number of ether oxygens (including phenoxy) is 1. The molecule has 138 valence electrons. The number of benzene rings is 2. The van der Waals surface area contributed by atoms with Gasteiger partial charge in [-0.05, 0) is 48.7 Å². The van der Waals surface area contributed by atoms with Crippen LogP contribution in [-0.2, 0) is 11.3 Å². The molecule has 0 saturated carbocycles. The maximum atomic E-state index is 12.3. The minimum atomic E-state index is -0.0236. The molecule has 2 aromatic rings. The highest BCUT2D eigenvalue weighted by atomic mass is 16.5. The van der Waals surface area contributed by atoms with Crippen LogP contribution in [0.5, 0.6) is 5.75 Å². The first-order valence-electron chi connectivity index (χ1n) is 9.05. The van der Waals surface area contributed by atoms with Crippen molar-refractivity contribution in [3.63, 3.8) is 0 Å². The molecule has 0 heterocycles. The second-order valence-electron chi connectivity index (χ2n) is 6.47. The van der Waals surface area contributed by atoms with E-state index in [1.807, 2.05) is 38.1 Å². The number of hydrogen-bond donors (Lipinski definition) is 0. The number of carbonyl (C=O) groups is 2. The minimum absolute atomic E-state index is 0.0234. The molecule has 0 aliphatic heterocycles. The number of rotatable bonds is 9. The van der Waals surface area contributed by atoms with Gasteiger partial charge in [-0.3, -0.25) is 9.59 Å². The standard InChI is InChI=1S/C22H27NO3/c1-4-15-26-20-11-9-18(10-12-20)21(24)13-14-22(25)23(3)16-19-8-6-5-7-17(19)2/h5-12H,4,13-16H2,1-3H3. The van der Waals surface area contributed by atoms with Crippen LogP contribution in [0.4, 0.5) is 0 Å². The molecule has 0 radical (unpaired) electrons. The lowest BCUT2D eigenvalue weighted by molar-refractivity contribution is -0.130. The molecule has 1 amide bonds. The predicted molar refractivity (Wildman–Crippen MR) is 103 cm³/mol. The maximum absolute atomic E-state index is 12.3. The molecule has 0 saturated heterocycles. The zero-order chi connectivity index (χ0) is 18.9. The van der Waals surface area contributed by atoms with Crippen LogP contribution in [0.3, 0.4) is 0 Å². The van der Waals surface area contributed by atoms with Gasteiger partial charge in [0.15, 0.2) is 5.78 Å². The molecule has 2 rings (SSSR count). The SMILES string of the molecule is CCCOc1ccc(C(=O)CCC(=O)N(C)Cc2ccccc2C)cc1. The van der Waals surface area contributed by atoms with E-state index >= 15 is 0 Å². The van der Waals surface area contributed by atoms with E-state index in [1.54, 1.807) is 36.2 Å². The van der Waals surface area contributed by atoms with Crippen molar-refractivity contribution in [2.24, 2.45) is 0 Å². The highest BCUT2D eigenvalue weighted by molar-refractivity contribution is 5.98. The highest BCUT2D eigenvalue weighted by Gasteiger charge is 2.14. The molecule has 4 nitrogen and oxygen atoms in total. The van der Waals surface area contributed by atoms with Gasteiger partial charge in [-0.15, -0.1) is 0 Å². The largest absolute Gasteiger partial charge is 0.494 e. The third-order valence-electron chi connectivity index (χ3n) is 4.31. The Hall–Kier alpha value is -2.62. The maximum Gasteiger partial charge on any atom is 0.223 e. The fourth-order valence-corrected chi connectivity index (χ4v) is 2.64. The van der Waals surface area contributed by atoms with E-state index in [2.05, 4.69) is 0 Å². The van der Waals surface area contributed by atoms with Gasteiger partial charge in [0.05, 0.1) is 6.61 Å². The molecule has 0 aliphatic carbocycles. The molecule has 26 heavy (non-hydrogen) atoms. The lowest BCUT2D eigenvalue weighted by Crippen LogP contribution is -2.26. The summed E-state index contributed by atoms with van der Waals surface area (Å²) in [4.78, 5) is 26.3. The normalized spacial score (nSPS) is 10.4. The summed E-state index contributed by atoms with van der Waals surface area (Å²) in [5.41, 5.74) is 2.90. The van der Waals surface area contributed by atoms with E-state index < -0.39 is 0 Å². The second-order valence-corrected chi connectivity index (χ2v) is 6.47. The average Bonchev–Trinajstić information content (AvgIpc) is 2.66. The number of carbonyl (C=O) groups excluding carboxylic acids is 2. The molecule has 0 spiro atoms. The molecular formula is C22H27NO3. The Morgan fingerprint density at radius 3 is 2.35 bits per heavy atom. The summed E-state index contributed by atoms with van der Waals surface area (Å²) in [6.07, 6.45) is 1.38. The summed E-state index contributed by atoms with van der Waals surface area (Å²) in [5.74, 6) is 0.714. The van der Waals surface area contributed by atoms with Gasteiger partial charge in [-0.1, -0.05) is 31.2 Å². The van der Waals surface area contributed by atoms with Crippen LogP contribution in [0.15, 0.2) is 48.5 Å². The van der Waals surface area contributed by atoms with Crippen LogP contribution in [-0.4, -0.2) is 30.2 Å². The lowest BCUT2D eigenvalue weighted by Gasteiger charge is -2.18. The molecule has 0 fully saturated rings. The molecule has 0 atom stereocenters. The number of Topliss-reactive ketones (excluding diaryl/α,β-unsaturated/α-hetero) is 1. The lowest BCUT2D eigenvalue weighted by atomic mass is 10.1. The van der Waals surface area contributed by atoms with Crippen molar-refractivity contribution in [1.29, 1.82) is 0 Å². The van der Waals surface area contributed by atoms with Crippen LogP contribution >= 0.6 is 0 Å². The number of aryl methyl sites for hydroxylation is 1. The van der Waals surface area contributed by atoms with Crippen molar-refractivity contribution in [2.75, 3.05) is 13.7 Å². The first kappa shape index (κ1) is 19.7. The summed E-state index contributed by atoms with van der Waals surface area (Å²) < 4.78 is 5.51. The van der Waals surface area contributed by atoms with Crippen molar-refractivity contribution in [3.05, 3.63) is 65.2 Å². The van der Waals surface area contributed by atoms with Crippen molar-refractivity contribution in [1.82, 2.24) is 4.90 Å². The average molecular weight is 353 g/mol. The number of hydrogen-bond acceptors (Lipinski definition) is 3. The summed E-state index contributed by atoms with van der Waals surface area (Å²) >= 11 is 0. The molecule has 2 aromatic carbocycles. The Morgan fingerprint density at radius 2 is 1.69 bits per heavy atom. The van der Waals surface area contributed by atoms with E-state index in [0.717, 1.165) is 23.3 Å². The summed E-state index contributed by atoms with van der Waals surface area (Å²) in [6, 6.07) is 15.1. The van der Waals surface area contributed by atoms with E-state index in [4.69, 9.17) is 4.74 Å². The van der Waals surface area contributed by atoms with Gasteiger partial charge in [-0.25, -0.2) is 0 Å². The number of amides is 1. The minimum Gasteiger partial charge on any atom is -0.494 e. The topological polar surface area (TPSA) is 46.6 Å². The van der Waals surface area contributed by atoms with Crippen molar-refractivity contribution in [2.45, 2.75) is 39.7 Å². The van der Waals surface area contributed by atoms with E-state index in [9.17, 15) is 9.59 Å². The molecular weight excluding hydrogens is 326 g/mol. The molecule has 0 bridgehead atoms. The van der Waals surface area contributed by atoms with Crippen LogP contribution < -0.4 is 4.74 Å². The van der Waals surface area contributed by atoms with E-state index in [1.165, 1.54) is 0 Å². The van der Waals surface area contributed by atoms with Gasteiger partial charge < -0.3 is 9.64 Å². The predicted octanol–water partition coefficient (Wildman–Crippen LogP) is 4.41. The Morgan fingerprint density at radius 1 is 1.00 bits per heavy atom. The Kier molecular flexibility index (Phi) is 7.39. The van der Waals surface area contributed by atoms with Crippen molar-refractivity contribution in [3.8, 4) is 5.75 Å². The first-order valence-corrected chi connectivity index (χ1v) is 9.05. The van der Waals surface area contributed by atoms with Gasteiger partial charge in [-0.2, -0.15) is 0 Å². The van der Waals surface area contributed by atoms with Crippen molar-refractivity contribution < 1.29 is 14.3 Å². The Balaban J connectivity index is 1.84. The van der Waals surface area contributed by atoms with Crippen LogP contribution in [0.25, 0.3) is 0 Å². The molecule has 0 aromatic heterocycles. The second kappa shape index (κ2) is 9.76. The van der Waals surface area contributed by atoms with Gasteiger partial charge in [0.2, 0.25) is 5.91 Å². The van der Waals surface area contributed by atoms with Crippen LogP contribution in [0.2, 0.25) is 0 Å². The van der Waals surface area contributed by atoms with Gasteiger partial charge in [0.25, 0.3) is 0 Å². The summed E-state index contributed by atoms with van der Waals surface area (Å²) in [5, 5.41) is 0. The monoisotopic (exact) mass is 353 g/mol. The van der Waals surface area contributed by atoms with Crippen molar-refractivity contribution >= 4 is 11.7 Å². The van der Waals surface area contributed by atoms with Gasteiger partial charge >= 0.3 is 0 Å². The quantitative estimate of drug-likeness (QED) is 0.628. The summed E-state index contributed by atoms with van der Waals surface area (Å²) in [6.45, 7) is 5.30. The highest BCUT2D eigenvalue weighted by Crippen LogP contribution is 2.15. The van der Waals surface area contributed by atoms with Crippen LogP contribution in [0.1, 0.15) is 47.7 Å². The Labute approximate surface area is 155 Å². The van der Waals surface area contributed by atoms with E-state index in [-0.39, 0.29) is 24.5 Å².